The van der Waals surface area contributed by atoms with Gasteiger partial charge in [0.05, 0.1) is 5.75 Å². The van der Waals surface area contributed by atoms with E-state index in [1.165, 1.54) is 16.4 Å². The Hall–Kier alpha value is -3.35. The van der Waals surface area contributed by atoms with Crippen LogP contribution in [0.1, 0.15) is 39.9 Å². The molecule has 0 saturated carbocycles. The van der Waals surface area contributed by atoms with Crippen LogP contribution < -0.4 is 10.3 Å². The molecule has 2 amide bonds. The van der Waals surface area contributed by atoms with E-state index in [4.69, 9.17) is 0 Å². The zero-order chi connectivity index (χ0) is 28.5. The Morgan fingerprint density at radius 1 is 1.07 bits per heavy atom. The topological polar surface area (TPSA) is 112 Å². The minimum atomic E-state index is -3.60. The number of halogens is 1. The number of nitrogens with one attached hydrogen (secondary N) is 1. The van der Waals surface area contributed by atoms with Gasteiger partial charge in [-0.2, -0.15) is 0 Å². The van der Waals surface area contributed by atoms with Gasteiger partial charge in [0.1, 0.15) is 11.4 Å². The molecule has 2 fully saturated rings. The molecule has 0 aromatic heterocycles. The van der Waals surface area contributed by atoms with Crippen molar-refractivity contribution in [3.8, 4) is 5.75 Å². The fourth-order valence-corrected chi connectivity index (χ4v) is 6.93. The summed E-state index contributed by atoms with van der Waals surface area (Å²) in [6, 6.07) is 11.7. The SMILES string of the molecule is Cc1ccc(C(=O)N2CCN(C)CC2)cc1CCS(=O)(=O)N1CCC2(CC1)N=C(c1cccc(OF)c1)NC2=O. The molecule has 12 heteroatoms. The fourth-order valence-electron chi connectivity index (χ4n) is 5.45. The minimum Gasteiger partial charge on any atom is -0.336 e. The van der Waals surface area contributed by atoms with Crippen LogP contribution in [0.2, 0.25) is 0 Å². The first kappa shape index (κ1) is 28.2. The Balaban J connectivity index is 1.22. The van der Waals surface area contributed by atoms with E-state index in [1.54, 1.807) is 18.2 Å². The number of piperidine rings is 1. The van der Waals surface area contributed by atoms with Crippen LogP contribution in [0.4, 0.5) is 4.53 Å². The highest BCUT2D eigenvalue weighted by Crippen LogP contribution is 2.32. The van der Waals surface area contributed by atoms with Gasteiger partial charge in [0.15, 0.2) is 5.75 Å². The number of benzene rings is 2. The zero-order valence-electron chi connectivity index (χ0n) is 22.7. The van der Waals surface area contributed by atoms with Crippen LogP contribution in [0, 0.1) is 6.92 Å². The number of amidine groups is 1. The molecule has 0 unspecified atom stereocenters. The van der Waals surface area contributed by atoms with Gasteiger partial charge in [-0.25, -0.2) is 12.7 Å². The molecule has 0 radical (unpaired) electrons. The first-order valence-electron chi connectivity index (χ1n) is 13.5. The maximum atomic E-state index is 13.3. The molecule has 0 bridgehead atoms. The van der Waals surface area contributed by atoms with E-state index in [-0.39, 0.29) is 55.7 Å². The van der Waals surface area contributed by atoms with Crippen molar-refractivity contribution >= 4 is 27.7 Å². The van der Waals surface area contributed by atoms with Gasteiger partial charge in [-0.15, -0.1) is 0 Å². The lowest BCUT2D eigenvalue weighted by molar-refractivity contribution is -0.124. The Bertz CT molecular complexity index is 1430. The van der Waals surface area contributed by atoms with Gasteiger partial charge in [0.2, 0.25) is 10.0 Å². The molecule has 1 spiro atoms. The number of nitrogens with zero attached hydrogens (tertiary/aromatic N) is 4. The quantitative estimate of drug-likeness (QED) is 0.544. The summed E-state index contributed by atoms with van der Waals surface area (Å²) in [5.41, 5.74) is 1.81. The first-order valence-corrected chi connectivity index (χ1v) is 15.1. The number of carbonyl (C=O) groups excluding carboxylic acids is 2. The number of sulfonamides is 1. The lowest BCUT2D eigenvalue weighted by Crippen LogP contribution is -2.50. The van der Waals surface area contributed by atoms with Gasteiger partial charge in [0, 0.05) is 54.9 Å². The van der Waals surface area contributed by atoms with Crippen LogP contribution in [-0.2, 0) is 21.2 Å². The van der Waals surface area contributed by atoms with Gasteiger partial charge < -0.3 is 15.1 Å². The maximum absolute atomic E-state index is 13.3. The van der Waals surface area contributed by atoms with Crippen LogP contribution in [0.5, 0.6) is 5.75 Å². The molecular formula is C28H34FN5O5S. The predicted octanol–water partition coefficient (Wildman–Crippen LogP) is 1.93. The van der Waals surface area contributed by atoms with Crippen molar-refractivity contribution < 1.29 is 27.5 Å². The number of carbonyl (C=O) groups is 2. The standard InChI is InChI=1S/C28H34FN5O5S/c1-20-6-7-23(26(35)33-15-13-32(2)14-16-33)18-21(20)8-17-40(37,38)34-11-9-28(10-12-34)27(36)30-25(31-28)22-4-3-5-24(19-22)39-29/h3-7,18-19H,8-17H2,1-2H3,(H,30,31,36). The van der Waals surface area contributed by atoms with Crippen molar-refractivity contribution in [2.75, 3.05) is 52.1 Å². The number of hydrogen-bond donors (Lipinski definition) is 1. The maximum Gasteiger partial charge on any atom is 0.253 e. The van der Waals surface area contributed by atoms with Crippen molar-refractivity contribution in [1.29, 1.82) is 0 Å². The van der Waals surface area contributed by atoms with Gasteiger partial charge in [-0.3, -0.25) is 19.5 Å². The second-order valence-corrected chi connectivity index (χ2v) is 12.8. The second-order valence-electron chi connectivity index (χ2n) is 10.8. The molecule has 3 aliphatic rings. The molecule has 40 heavy (non-hydrogen) atoms. The Labute approximate surface area is 233 Å². The molecule has 214 valence electrons. The van der Waals surface area contributed by atoms with Gasteiger partial charge in [-0.05, 0) is 68.6 Å². The minimum absolute atomic E-state index is 0.000722. The average Bonchev–Trinajstić information content (AvgIpc) is 3.28. The molecule has 2 aromatic carbocycles. The Morgan fingerprint density at radius 2 is 1.80 bits per heavy atom. The normalized spacial score (nSPS) is 19.9. The van der Waals surface area contributed by atoms with Crippen LogP contribution >= 0.6 is 0 Å². The van der Waals surface area contributed by atoms with Crippen molar-refractivity contribution in [1.82, 2.24) is 19.4 Å². The fraction of sp³-hybridized carbons (Fsp3) is 0.464. The summed E-state index contributed by atoms with van der Waals surface area (Å²) >= 11 is 0. The predicted molar refractivity (Wildman–Crippen MR) is 148 cm³/mol. The summed E-state index contributed by atoms with van der Waals surface area (Å²) in [4.78, 5) is 38.3. The molecule has 1 N–H and O–H groups in total. The summed E-state index contributed by atoms with van der Waals surface area (Å²) in [6.45, 7) is 5.25. The van der Waals surface area contributed by atoms with E-state index >= 15 is 0 Å². The number of piperazine rings is 1. The van der Waals surface area contributed by atoms with E-state index in [1.807, 2.05) is 31.0 Å². The molecule has 3 aliphatic heterocycles. The molecule has 3 heterocycles. The highest BCUT2D eigenvalue weighted by Gasteiger charge is 2.47. The number of amides is 2. The molecule has 0 atom stereocenters. The summed E-state index contributed by atoms with van der Waals surface area (Å²) in [5, 5.41) is 2.76. The van der Waals surface area contributed by atoms with E-state index in [9.17, 15) is 22.5 Å². The second kappa shape index (κ2) is 11.3. The summed E-state index contributed by atoms with van der Waals surface area (Å²) in [5.74, 6) is -0.0905. The van der Waals surface area contributed by atoms with Crippen LogP contribution in [0.25, 0.3) is 0 Å². The van der Waals surface area contributed by atoms with Gasteiger partial charge >= 0.3 is 0 Å². The molecule has 0 aliphatic carbocycles. The smallest absolute Gasteiger partial charge is 0.253 e. The number of aliphatic imine (C=N–C) groups is 1. The number of rotatable bonds is 7. The first-order chi connectivity index (χ1) is 19.1. The molecule has 2 saturated heterocycles. The lowest BCUT2D eigenvalue weighted by Gasteiger charge is -2.34. The average molecular weight is 572 g/mol. The third-order valence-electron chi connectivity index (χ3n) is 8.14. The van der Waals surface area contributed by atoms with Gasteiger partial charge in [-0.1, -0.05) is 18.2 Å². The van der Waals surface area contributed by atoms with Gasteiger partial charge in [0.25, 0.3) is 11.8 Å². The number of aryl methyl sites for hydroxylation is 2. The van der Waals surface area contributed by atoms with Crippen molar-refractivity contribution in [2.24, 2.45) is 4.99 Å². The highest BCUT2D eigenvalue weighted by atomic mass is 32.2. The molecule has 10 nitrogen and oxygen atoms in total. The van der Waals surface area contributed by atoms with E-state index < -0.39 is 15.6 Å². The molecule has 2 aromatic rings. The number of hydrogen-bond acceptors (Lipinski definition) is 7. The summed E-state index contributed by atoms with van der Waals surface area (Å²) in [6.07, 6.45) is 0.777. The van der Waals surface area contributed by atoms with Crippen molar-refractivity contribution in [3.63, 3.8) is 0 Å². The van der Waals surface area contributed by atoms with E-state index in [0.717, 1.165) is 24.2 Å². The summed E-state index contributed by atoms with van der Waals surface area (Å²) < 4.78 is 40.6. The zero-order valence-corrected chi connectivity index (χ0v) is 23.5. The molecular weight excluding hydrogens is 537 g/mol. The lowest BCUT2D eigenvalue weighted by atomic mass is 9.89. The monoisotopic (exact) mass is 571 g/mol. The van der Waals surface area contributed by atoms with Crippen LogP contribution in [0.15, 0.2) is 47.5 Å². The van der Waals surface area contributed by atoms with E-state index in [0.29, 0.717) is 30.1 Å². The van der Waals surface area contributed by atoms with Crippen molar-refractivity contribution in [3.05, 3.63) is 64.7 Å². The van der Waals surface area contributed by atoms with Crippen LogP contribution in [-0.4, -0.2) is 97.8 Å². The van der Waals surface area contributed by atoms with Crippen LogP contribution in [0.3, 0.4) is 0 Å². The van der Waals surface area contributed by atoms with E-state index in [2.05, 4.69) is 20.2 Å². The third-order valence-corrected chi connectivity index (χ3v) is 10.0. The molecule has 5 rings (SSSR count). The summed E-state index contributed by atoms with van der Waals surface area (Å²) in [7, 11) is -1.57. The largest absolute Gasteiger partial charge is 0.336 e. The Kier molecular flexibility index (Phi) is 7.94. The third kappa shape index (κ3) is 5.74. The number of likely N-dealkylation sites (N-methyl/N-ethyl adjacent to an activating group) is 1. The highest BCUT2D eigenvalue weighted by molar-refractivity contribution is 7.89. The van der Waals surface area contributed by atoms with Crippen molar-refractivity contribution in [2.45, 2.75) is 31.7 Å². The Morgan fingerprint density at radius 3 is 2.50 bits per heavy atom.